The number of hydrogen-bond acceptors (Lipinski definition) is 4. The minimum Gasteiger partial charge on any atom is -0.465 e. The number of carboxylic acid groups (broad SMARTS) is 1. The fourth-order valence-electron chi connectivity index (χ4n) is 2.85. The lowest BCUT2D eigenvalue weighted by Gasteiger charge is -2.43. The molecule has 6 nitrogen and oxygen atoms in total. The molecule has 0 bridgehead atoms. The number of nitrogens with zero attached hydrogens (tertiary/aromatic N) is 4. The molecule has 8 heteroatoms. The summed E-state index contributed by atoms with van der Waals surface area (Å²) in [4.78, 5) is 16.6. The van der Waals surface area contributed by atoms with Crippen LogP contribution in [-0.2, 0) is 5.41 Å². The zero-order valence-corrected chi connectivity index (χ0v) is 12.1. The molecule has 1 saturated carbocycles. The van der Waals surface area contributed by atoms with Gasteiger partial charge in [0.15, 0.2) is 5.82 Å². The summed E-state index contributed by atoms with van der Waals surface area (Å²) in [6, 6.07) is 5.07. The highest BCUT2D eigenvalue weighted by Gasteiger charge is 2.44. The Balaban J connectivity index is 1.94. The molecule has 120 valence electrons. The van der Waals surface area contributed by atoms with E-state index in [0.717, 1.165) is 17.4 Å². The van der Waals surface area contributed by atoms with E-state index < -0.39 is 23.3 Å². The fourth-order valence-corrected chi connectivity index (χ4v) is 2.85. The van der Waals surface area contributed by atoms with Gasteiger partial charge < -0.3 is 5.11 Å². The van der Waals surface area contributed by atoms with Gasteiger partial charge in [-0.25, -0.2) is 9.18 Å². The lowest BCUT2D eigenvalue weighted by atomic mass is 9.66. The number of halogens is 2. The second-order valence-corrected chi connectivity index (χ2v) is 5.55. The van der Waals surface area contributed by atoms with Gasteiger partial charge in [-0.3, -0.25) is 9.88 Å². The molecule has 2 aromatic heterocycles. The third kappa shape index (κ3) is 2.84. The van der Waals surface area contributed by atoms with Crippen molar-refractivity contribution in [3.8, 4) is 0 Å². The summed E-state index contributed by atoms with van der Waals surface area (Å²) in [6.07, 6.45) is 2.34. The van der Waals surface area contributed by atoms with Gasteiger partial charge in [0, 0.05) is 18.2 Å². The average molecular weight is 320 g/mol. The Labute approximate surface area is 130 Å². The van der Waals surface area contributed by atoms with Gasteiger partial charge in [-0.2, -0.15) is 4.39 Å². The summed E-state index contributed by atoms with van der Waals surface area (Å²) >= 11 is 0. The van der Waals surface area contributed by atoms with Crippen LogP contribution < -0.4 is 4.90 Å². The van der Waals surface area contributed by atoms with Crippen molar-refractivity contribution in [3.63, 3.8) is 0 Å². The fraction of sp³-hybridized carbons (Fsp3) is 0.333. The molecular formula is C15H14F2N4O2. The largest absolute Gasteiger partial charge is 0.465 e. The first kappa shape index (κ1) is 15.3. The van der Waals surface area contributed by atoms with Crippen LogP contribution in [0.5, 0.6) is 0 Å². The molecule has 0 saturated heterocycles. The molecular weight excluding hydrogens is 306 g/mol. The number of amides is 1. The van der Waals surface area contributed by atoms with Crippen molar-refractivity contribution in [2.45, 2.75) is 24.7 Å². The van der Waals surface area contributed by atoms with Crippen molar-refractivity contribution in [3.05, 3.63) is 47.9 Å². The highest BCUT2D eigenvalue weighted by Crippen LogP contribution is 2.44. The molecule has 0 unspecified atom stereocenters. The standard InChI is InChI=1S/C15H14F2N4O2/c16-10-3-1-8-18-13(10)15(6-2-7-15)9-21(14(22)23)12-5-4-11(17)19-20-12/h1,3-5,8H,2,6-7,9H2,(H,22,23). The lowest BCUT2D eigenvalue weighted by molar-refractivity contribution is 0.187. The van der Waals surface area contributed by atoms with Crippen molar-refractivity contribution < 1.29 is 18.7 Å². The molecule has 2 heterocycles. The number of anilines is 1. The first-order chi connectivity index (χ1) is 11.0. The van der Waals surface area contributed by atoms with Crippen LogP contribution in [-0.4, -0.2) is 32.9 Å². The van der Waals surface area contributed by atoms with Gasteiger partial charge >= 0.3 is 6.09 Å². The minimum absolute atomic E-state index is 0.00140. The normalized spacial score (nSPS) is 15.7. The quantitative estimate of drug-likeness (QED) is 0.937. The second kappa shape index (κ2) is 5.86. The molecule has 3 rings (SSSR count). The monoisotopic (exact) mass is 320 g/mol. The SMILES string of the molecule is O=C(O)N(CC1(c2ncccc2F)CCC1)c1ccc(F)nn1. The van der Waals surface area contributed by atoms with Crippen LogP contribution >= 0.6 is 0 Å². The molecule has 1 aliphatic carbocycles. The van der Waals surface area contributed by atoms with Crippen LogP contribution in [0.4, 0.5) is 19.4 Å². The minimum atomic E-state index is -1.26. The van der Waals surface area contributed by atoms with Crippen LogP contribution in [0.15, 0.2) is 30.5 Å². The number of hydrogen-bond donors (Lipinski definition) is 1. The molecule has 0 spiro atoms. The van der Waals surface area contributed by atoms with Gasteiger partial charge in [0.1, 0.15) is 5.82 Å². The Hall–Kier alpha value is -2.64. The summed E-state index contributed by atoms with van der Waals surface area (Å²) < 4.78 is 27.0. The molecule has 1 N–H and O–H groups in total. The molecule has 23 heavy (non-hydrogen) atoms. The summed E-state index contributed by atoms with van der Waals surface area (Å²) in [6.45, 7) is -0.00339. The molecule has 1 aliphatic rings. The average Bonchev–Trinajstić information content (AvgIpc) is 2.49. The van der Waals surface area contributed by atoms with Gasteiger partial charge in [-0.15, -0.1) is 10.2 Å². The Morgan fingerprint density at radius 1 is 1.26 bits per heavy atom. The number of pyridine rings is 1. The highest BCUT2D eigenvalue weighted by molar-refractivity contribution is 5.84. The van der Waals surface area contributed by atoms with E-state index in [0.29, 0.717) is 12.8 Å². The van der Waals surface area contributed by atoms with E-state index in [1.165, 1.54) is 24.4 Å². The maximum absolute atomic E-state index is 14.1. The molecule has 0 atom stereocenters. The number of carbonyl (C=O) groups is 1. The summed E-state index contributed by atoms with van der Waals surface area (Å²) in [5.41, 5.74) is -0.438. The van der Waals surface area contributed by atoms with E-state index in [2.05, 4.69) is 15.2 Å². The summed E-state index contributed by atoms with van der Waals surface area (Å²) in [5, 5.41) is 16.2. The Morgan fingerprint density at radius 3 is 2.57 bits per heavy atom. The van der Waals surface area contributed by atoms with Crippen molar-refractivity contribution in [1.29, 1.82) is 0 Å². The van der Waals surface area contributed by atoms with Gasteiger partial charge in [0.25, 0.3) is 0 Å². The first-order valence-corrected chi connectivity index (χ1v) is 7.12. The van der Waals surface area contributed by atoms with Crippen molar-refractivity contribution in [2.75, 3.05) is 11.4 Å². The molecule has 0 radical (unpaired) electrons. The molecule has 0 aliphatic heterocycles. The van der Waals surface area contributed by atoms with Gasteiger partial charge in [0.2, 0.25) is 5.95 Å². The van der Waals surface area contributed by atoms with E-state index >= 15 is 0 Å². The smallest absolute Gasteiger partial charge is 0.413 e. The zero-order chi connectivity index (χ0) is 16.4. The number of rotatable bonds is 4. The van der Waals surface area contributed by atoms with E-state index in [1.54, 1.807) is 0 Å². The Kier molecular flexibility index (Phi) is 3.89. The van der Waals surface area contributed by atoms with Gasteiger partial charge in [-0.1, -0.05) is 6.42 Å². The van der Waals surface area contributed by atoms with Crippen LogP contribution in [0.3, 0.4) is 0 Å². The maximum atomic E-state index is 14.1. The molecule has 0 aromatic carbocycles. The number of aromatic nitrogens is 3. The zero-order valence-electron chi connectivity index (χ0n) is 12.1. The molecule has 2 aromatic rings. The maximum Gasteiger partial charge on any atom is 0.413 e. The van der Waals surface area contributed by atoms with Crippen molar-refractivity contribution in [1.82, 2.24) is 15.2 Å². The predicted octanol–water partition coefficient (Wildman–Crippen LogP) is 2.76. The van der Waals surface area contributed by atoms with Crippen LogP contribution in [0.1, 0.15) is 25.0 Å². The van der Waals surface area contributed by atoms with Gasteiger partial charge in [-0.05, 0) is 37.1 Å². The highest BCUT2D eigenvalue weighted by atomic mass is 19.1. The Bertz CT molecular complexity index is 720. The molecule has 1 fully saturated rings. The van der Waals surface area contributed by atoms with E-state index in [4.69, 9.17) is 0 Å². The molecule has 1 amide bonds. The van der Waals surface area contributed by atoms with Crippen LogP contribution in [0.25, 0.3) is 0 Å². The summed E-state index contributed by atoms with van der Waals surface area (Å²) in [5.74, 6) is -1.25. The van der Waals surface area contributed by atoms with Crippen molar-refractivity contribution >= 4 is 11.9 Å². The van der Waals surface area contributed by atoms with Gasteiger partial charge in [0.05, 0.1) is 5.69 Å². The van der Waals surface area contributed by atoms with E-state index in [9.17, 15) is 18.7 Å². The lowest BCUT2D eigenvalue weighted by Crippen LogP contribution is -2.49. The van der Waals surface area contributed by atoms with E-state index in [1.807, 2.05) is 0 Å². The van der Waals surface area contributed by atoms with E-state index in [-0.39, 0.29) is 18.1 Å². The summed E-state index contributed by atoms with van der Waals surface area (Å²) in [7, 11) is 0. The van der Waals surface area contributed by atoms with Crippen LogP contribution in [0, 0.1) is 11.8 Å². The third-order valence-electron chi connectivity index (χ3n) is 4.16. The Morgan fingerprint density at radius 2 is 2.04 bits per heavy atom. The van der Waals surface area contributed by atoms with Crippen LogP contribution in [0.2, 0.25) is 0 Å². The third-order valence-corrected chi connectivity index (χ3v) is 4.16. The topological polar surface area (TPSA) is 79.2 Å². The predicted molar refractivity (Wildman–Crippen MR) is 77.1 cm³/mol. The van der Waals surface area contributed by atoms with Crippen molar-refractivity contribution in [2.24, 2.45) is 0 Å². The second-order valence-electron chi connectivity index (χ2n) is 5.55. The first-order valence-electron chi connectivity index (χ1n) is 7.12.